The van der Waals surface area contributed by atoms with Crippen molar-refractivity contribution in [2.75, 3.05) is 6.61 Å². The predicted molar refractivity (Wildman–Crippen MR) is 99.6 cm³/mol. The average Bonchev–Trinajstić information content (AvgIpc) is 2.82. The molecule has 3 saturated carbocycles. The van der Waals surface area contributed by atoms with Crippen LogP contribution in [0, 0.1) is 34.5 Å². The van der Waals surface area contributed by atoms with Crippen LogP contribution < -0.4 is 0 Å². The van der Waals surface area contributed by atoms with Gasteiger partial charge in [0.1, 0.15) is 12.2 Å². The largest absolute Gasteiger partial charge is 0.393 e. The Morgan fingerprint density at radius 2 is 2.04 bits per heavy atom. The van der Waals surface area contributed by atoms with Gasteiger partial charge in [-0.3, -0.25) is 9.59 Å². The molecule has 0 amide bonds. The third-order valence-electron chi connectivity index (χ3n) is 8.65. The van der Waals surface area contributed by atoms with Gasteiger partial charge in [-0.1, -0.05) is 32.4 Å². The fourth-order valence-electron chi connectivity index (χ4n) is 7.37. The van der Waals surface area contributed by atoms with Crippen LogP contribution in [0.15, 0.2) is 23.8 Å². The molecule has 4 rings (SSSR count). The predicted octanol–water partition coefficient (Wildman–Crippen LogP) is 1.80. The molecule has 6 unspecified atom stereocenters. The lowest BCUT2D eigenvalue weighted by atomic mass is 9.46. The number of hydrogen-bond acceptors (Lipinski definition) is 5. The monoisotopic (exact) mass is 374 g/mol. The molecule has 0 heterocycles. The van der Waals surface area contributed by atoms with E-state index in [2.05, 4.69) is 6.92 Å². The van der Waals surface area contributed by atoms with Crippen molar-refractivity contribution in [3.8, 4) is 0 Å². The van der Waals surface area contributed by atoms with Gasteiger partial charge in [-0.05, 0) is 55.6 Å². The first-order valence-electron chi connectivity index (χ1n) is 10.1. The molecule has 0 aromatic carbocycles. The Labute approximate surface area is 160 Å². The van der Waals surface area contributed by atoms with Gasteiger partial charge in [0.05, 0.1) is 6.10 Å². The Hall–Kier alpha value is -1.30. The van der Waals surface area contributed by atoms with Crippen LogP contribution in [0.4, 0.5) is 0 Å². The molecule has 0 radical (unpaired) electrons. The van der Waals surface area contributed by atoms with Crippen LogP contribution in [-0.4, -0.2) is 45.2 Å². The molecule has 0 saturated heterocycles. The number of aliphatic hydroxyl groups is 3. The summed E-state index contributed by atoms with van der Waals surface area (Å²) in [6, 6.07) is 0. The van der Waals surface area contributed by atoms with Crippen molar-refractivity contribution in [3.05, 3.63) is 23.8 Å². The van der Waals surface area contributed by atoms with Crippen molar-refractivity contribution in [2.45, 2.75) is 58.2 Å². The van der Waals surface area contributed by atoms with E-state index in [0.29, 0.717) is 12.8 Å². The minimum Gasteiger partial charge on any atom is -0.393 e. The molecule has 0 aliphatic heterocycles. The quantitative estimate of drug-likeness (QED) is 0.685. The maximum atomic E-state index is 12.6. The zero-order valence-corrected chi connectivity index (χ0v) is 16.3. The van der Waals surface area contributed by atoms with Gasteiger partial charge in [-0.25, -0.2) is 0 Å². The van der Waals surface area contributed by atoms with E-state index < -0.39 is 29.5 Å². The Morgan fingerprint density at radius 3 is 2.70 bits per heavy atom. The summed E-state index contributed by atoms with van der Waals surface area (Å²) in [6.45, 7) is 5.23. The minimum absolute atomic E-state index is 0.00784. The lowest BCUT2D eigenvalue weighted by Crippen LogP contribution is -2.62. The molecule has 3 fully saturated rings. The Bertz CT molecular complexity index is 754. The molecular formula is C22H30O5. The highest BCUT2D eigenvalue weighted by atomic mass is 16.3. The fourth-order valence-corrected chi connectivity index (χ4v) is 7.37. The van der Waals surface area contributed by atoms with Crippen molar-refractivity contribution in [1.29, 1.82) is 0 Å². The number of Topliss-reactive ketones (excluding diaryl/α,β-unsaturated/α-hetero) is 1. The van der Waals surface area contributed by atoms with Gasteiger partial charge in [0.2, 0.25) is 0 Å². The first-order valence-corrected chi connectivity index (χ1v) is 10.1. The molecule has 3 N–H and O–H groups in total. The van der Waals surface area contributed by atoms with Gasteiger partial charge in [0.15, 0.2) is 11.6 Å². The SMILES string of the molecule is C[C@@H]1CC2C3CCC4=CC(=O)C=CC4(C)C3C(O)CC2(C)[C@@]1(O)C(=O)CO. The fraction of sp³-hybridized carbons (Fsp3) is 0.727. The average molecular weight is 374 g/mol. The molecule has 5 nitrogen and oxygen atoms in total. The van der Waals surface area contributed by atoms with Gasteiger partial charge in [0, 0.05) is 16.7 Å². The van der Waals surface area contributed by atoms with Crippen molar-refractivity contribution in [3.63, 3.8) is 0 Å². The highest BCUT2D eigenvalue weighted by Gasteiger charge is 2.70. The summed E-state index contributed by atoms with van der Waals surface area (Å²) in [7, 11) is 0. The molecule has 4 aliphatic carbocycles. The third-order valence-corrected chi connectivity index (χ3v) is 8.65. The topological polar surface area (TPSA) is 94.8 Å². The van der Waals surface area contributed by atoms with Crippen molar-refractivity contribution in [2.24, 2.45) is 34.5 Å². The van der Waals surface area contributed by atoms with Gasteiger partial charge in [-0.15, -0.1) is 0 Å². The molecule has 0 aromatic rings. The molecule has 27 heavy (non-hydrogen) atoms. The van der Waals surface area contributed by atoms with Crippen LogP contribution in [0.25, 0.3) is 0 Å². The van der Waals surface area contributed by atoms with Crippen LogP contribution >= 0.6 is 0 Å². The summed E-state index contributed by atoms with van der Waals surface area (Å²) in [5, 5.41) is 32.1. The molecule has 0 spiro atoms. The summed E-state index contributed by atoms with van der Waals surface area (Å²) < 4.78 is 0. The van der Waals surface area contributed by atoms with Gasteiger partial charge in [-0.2, -0.15) is 0 Å². The lowest BCUT2D eigenvalue weighted by Gasteiger charge is -2.59. The Morgan fingerprint density at radius 1 is 1.33 bits per heavy atom. The van der Waals surface area contributed by atoms with Gasteiger partial charge < -0.3 is 15.3 Å². The molecule has 0 bridgehead atoms. The highest BCUT2D eigenvalue weighted by molar-refractivity contribution is 6.01. The first kappa shape index (κ1) is 19.0. The van der Waals surface area contributed by atoms with E-state index in [4.69, 9.17) is 0 Å². The number of carbonyl (C=O) groups excluding carboxylic acids is 2. The molecule has 148 valence electrons. The number of rotatable bonds is 2. The normalized spacial score (nSPS) is 51.3. The number of aliphatic hydroxyl groups excluding tert-OH is 2. The van der Waals surface area contributed by atoms with Crippen LogP contribution in [0.2, 0.25) is 0 Å². The number of carbonyl (C=O) groups is 2. The first-order chi connectivity index (χ1) is 12.6. The summed E-state index contributed by atoms with van der Waals surface area (Å²) in [4.78, 5) is 24.4. The van der Waals surface area contributed by atoms with E-state index in [0.717, 1.165) is 18.4 Å². The van der Waals surface area contributed by atoms with E-state index in [9.17, 15) is 24.9 Å². The Balaban J connectivity index is 1.78. The summed E-state index contributed by atoms with van der Waals surface area (Å²) in [6.07, 6.45) is 7.30. The van der Waals surface area contributed by atoms with Crippen LogP contribution in [-0.2, 0) is 9.59 Å². The molecule has 4 aliphatic rings. The van der Waals surface area contributed by atoms with E-state index in [1.54, 1.807) is 12.2 Å². The molecular weight excluding hydrogens is 344 g/mol. The van der Waals surface area contributed by atoms with Gasteiger partial charge in [0.25, 0.3) is 0 Å². The van der Waals surface area contributed by atoms with E-state index in [-0.39, 0.29) is 34.9 Å². The molecule has 5 heteroatoms. The van der Waals surface area contributed by atoms with Gasteiger partial charge >= 0.3 is 0 Å². The van der Waals surface area contributed by atoms with Crippen molar-refractivity contribution < 1.29 is 24.9 Å². The highest BCUT2D eigenvalue weighted by Crippen LogP contribution is 2.68. The maximum absolute atomic E-state index is 12.6. The van der Waals surface area contributed by atoms with Crippen molar-refractivity contribution >= 4 is 11.6 Å². The second-order valence-electron chi connectivity index (χ2n) is 9.70. The number of ketones is 2. The van der Waals surface area contributed by atoms with E-state index >= 15 is 0 Å². The number of allylic oxidation sites excluding steroid dienone is 4. The zero-order chi connectivity index (χ0) is 19.8. The molecule has 8 atom stereocenters. The number of fused-ring (bicyclic) bond motifs is 5. The van der Waals surface area contributed by atoms with Crippen LogP contribution in [0.5, 0.6) is 0 Å². The lowest BCUT2D eigenvalue weighted by molar-refractivity contribution is -0.183. The van der Waals surface area contributed by atoms with Crippen LogP contribution in [0.3, 0.4) is 0 Å². The second kappa shape index (κ2) is 5.85. The van der Waals surface area contributed by atoms with E-state index in [1.807, 2.05) is 19.9 Å². The Kier molecular flexibility index (Phi) is 4.12. The standard InChI is InChI=1S/C22H30O5/c1-12-8-16-15-5-4-13-9-14(24)6-7-20(13,2)19(15)17(25)10-21(16,3)22(12,27)18(26)11-23/h6-7,9,12,15-17,19,23,25,27H,4-5,8,10-11H2,1-3H3/t12-,15?,16?,17?,19?,20?,21?,22+/m1/s1. The third kappa shape index (κ3) is 2.22. The van der Waals surface area contributed by atoms with E-state index in [1.165, 1.54) is 0 Å². The zero-order valence-electron chi connectivity index (χ0n) is 16.3. The summed E-state index contributed by atoms with van der Waals surface area (Å²) in [5.41, 5.74) is -1.62. The van der Waals surface area contributed by atoms with Crippen molar-refractivity contribution in [1.82, 2.24) is 0 Å². The maximum Gasteiger partial charge on any atom is 0.190 e. The van der Waals surface area contributed by atoms with Crippen LogP contribution in [0.1, 0.15) is 46.5 Å². The minimum atomic E-state index is -1.60. The number of hydrogen-bond donors (Lipinski definition) is 3. The summed E-state index contributed by atoms with van der Waals surface area (Å²) in [5.74, 6) is -0.539. The smallest absolute Gasteiger partial charge is 0.190 e. The molecule has 0 aromatic heterocycles. The summed E-state index contributed by atoms with van der Waals surface area (Å²) >= 11 is 0. The second-order valence-corrected chi connectivity index (χ2v) is 9.70.